The van der Waals surface area contributed by atoms with E-state index in [1.54, 1.807) is 0 Å². The molecule has 1 saturated carbocycles. The van der Waals surface area contributed by atoms with E-state index in [9.17, 15) is 4.79 Å². The fourth-order valence-corrected chi connectivity index (χ4v) is 3.66. The maximum atomic E-state index is 12.1. The summed E-state index contributed by atoms with van der Waals surface area (Å²) in [5.41, 5.74) is 1.10. The summed E-state index contributed by atoms with van der Waals surface area (Å²) in [7, 11) is 0. The minimum atomic E-state index is 0.179. The number of rotatable bonds is 4. The van der Waals surface area contributed by atoms with Crippen LogP contribution in [0.1, 0.15) is 25.7 Å². The van der Waals surface area contributed by atoms with Gasteiger partial charge in [0.25, 0.3) is 0 Å². The first-order valence-corrected chi connectivity index (χ1v) is 8.61. The van der Waals surface area contributed by atoms with Crippen molar-refractivity contribution in [1.82, 2.24) is 10.2 Å². The Labute approximate surface area is 137 Å². The third kappa shape index (κ3) is 3.93. The smallest absolute Gasteiger partial charge is 0.234 e. The predicted octanol–water partition coefficient (Wildman–Crippen LogP) is 2.52. The van der Waals surface area contributed by atoms with Crippen molar-refractivity contribution in [3.8, 4) is 0 Å². The summed E-state index contributed by atoms with van der Waals surface area (Å²) in [5.74, 6) is 0.179. The lowest BCUT2D eigenvalue weighted by molar-refractivity contribution is -0.123. The van der Waals surface area contributed by atoms with Crippen molar-refractivity contribution in [2.45, 2.75) is 31.7 Å². The lowest BCUT2D eigenvalue weighted by atomic mass is 10.2. The van der Waals surface area contributed by atoms with Gasteiger partial charge in [0.15, 0.2) is 0 Å². The maximum Gasteiger partial charge on any atom is 0.234 e. The van der Waals surface area contributed by atoms with Crippen LogP contribution in [-0.2, 0) is 4.79 Å². The molecule has 5 heteroatoms. The minimum Gasteiger partial charge on any atom is -0.368 e. The maximum absolute atomic E-state index is 12.1. The average Bonchev–Trinajstić information content (AvgIpc) is 3.01. The summed E-state index contributed by atoms with van der Waals surface area (Å²) < 4.78 is 0. The summed E-state index contributed by atoms with van der Waals surface area (Å²) in [6.07, 6.45) is 4.79. The first-order valence-electron chi connectivity index (χ1n) is 8.23. The number of anilines is 1. The minimum absolute atomic E-state index is 0.179. The average molecular weight is 322 g/mol. The topological polar surface area (TPSA) is 35.6 Å². The van der Waals surface area contributed by atoms with Crippen LogP contribution in [0.5, 0.6) is 0 Å². The Hall–Kier alpha value is -1.26. The molecule has 1 N–H and O–H groups in total. The third-order valence-electron chi connectivity index (χ3n) is 4.65. The Kier molecular flexibility index (Phi) is 5.21. The molecule has 1 aromatic rings. The lowest BCUT2D eigenvalue weighted by Gasteiger charge is -2.36. The molecule has 0 radical (unpaired) electrons. The summed E-state index contributed by atoms with van der Waals surface area (Å²) in [6.45, 7) is 4.17. The van der Waals surface area contributed by atoms with Crippen LogP contribution >= 0.6 is 11.6 Å². The number of piperazine rings is 1. The second kappa shape index (κ2) is 7.34. The number of nitrogens with one attached hydrogen (secondary N) is 1. The highest BCUT2D eigenvalue weighted by atomic mass is 35.5. The van der Waals surface area contributed by atoms with Crippen molar-refractivity contribution < 1.29 is 4.79 Å². The van der Waals surface area contributed by atoms with Gasteiger partial charge in [-0.3, -0.25) is 9.69 Å². The van der Waals surface area contributed by atoms with E-state index in [4.69, 9.17) is 11.6 Å². The lowest BCUT2D eigenvalue weighted by Crippen LogP contribution is -2.50. The summed E-state index contributed by atoms with van der Waals surface area (Å²) in [6, 6.07) is 8.37. The Morgan fingerprint density at radius 1 is 1.14 bits per heavy atom. The highest BCUT2D eigenvalue weighted by Crippen LogP contribution is 2.26. The Balaban J connectivity index is 1.45. The number of amides is 1. The molecule has 0 aromatic heterocycles. The van der Waals surface area contributed by atoms with Crippen LogP contribution in [0.25, 0.3) is 0 Å². The second-order valence-corrected chi connectivity index (χ2v) is 6.67. The zero-order valence-corrected chi connectivity index (χ0v) is 13.7. The van der Waals surface area contributed by atoms with Gasteiger partial charge in [0, 0.05) is 32.2 Å². The van der Waals surface area contributed by atoms with Gasteiger partial charge in [-0.1, -0.05) is 36.6 Å². The number of halogens is 1. The van der Waals surface area contributed by atoms with Crippen molar-refractivity contribution >= 4 is 23.2 Å². The summed E-state index contributed by atoms with van der Waals surface area (Å²) >= 11 is 6.25. The van der Waals surface area contributed by atoms with Crippen LogP contribution in [0.2, 0.25) is 5.02 Å². The molecule has 0 atom stereocenters. The van der Waals surface area contributed by atoms with Gasteiger partial charge in [-0.25, -0.2) is 0 Å². The van der Waals surface area contributed by atoms with Gasteiger partial charge in [0.05, 0.1) is 17.3 Å². The van der Waals surface area contributed by atoms with Gasteiger partial charge in [-0.15, -0.1) is 0 Å². The first-order chi connectivity index (χ1) is 10.7. The zero-order valence-electron chi connectivity index (χ0n) is 12.9. The van der Waals surface area contributed by atoms with Crippen LogP contribution in [0, 0.1) is 0 Å². The van der Waals surface area contributed by atoms with Crippen LogP contribution in [0.3, 0.4) is 0 Å². The van der Waals surface area contributed by atoms with Gasteiger partial charge < -0.3 is 10.2 Å². The summed E-state index contributed by atoms with van der Waals surface area (Å²) in [5, 5.41) is 3.96. The molecule has 4 nitrogen and oxygen atoms in total. The zero-order chi connectivity index (χ0) is 15.4. The molecule has 1 aliphatic carbocycles. The van der Waals surface area contributed by atoms with Crippen LogP contribution < -0.4 is 10.2 Å². The Bertz CT molecular complexity index is 508. The molecule has 1 saturated heterocycles. The van der Waals surface area contributed by atoms with Crippen molar-refractivity contribution in [3.63, 3.8) is 0 Å². The van der Waals surface area contributed by atoms with Crippen LogP contribution in [0.15, 0.2) is 24.3 Å². The molecule has 120 valence electrons. The largest absolute Gasteiger partial charge is 0.368 e. The number of hydrogen-bond donors (Lipinski definition) is 1. The van der Waals surface area contributed by atoms with E-state index >= 15 is 0 Å². The van der Waals surface area contributed by atoms with E-state index in [0.717, 1.165) is 49.7 Å². The molecule has 1 aliphatic heterocycles. The fraction of sp³-hybridized carbons (Fsp3) is 0.588. The van der Waals surface area contributed by atoms with E-state index in [1.807, 2.05) is 18.2 Å². The molecule has 3 rings (SSSR count). The van der Waals surface area contributed by atoms with Crippen molar-refractivity contribution in [1.29, 1.82) is 0 Å². The molecule has 1 heterocycles. The standard InChI is InChI=1S/C17H24ClN3O/c18-15-7-3-4-8-16(15)21-11-9-20(10-12-21)13-17(22)19-14-5-1-2-6-14/h3-4,7-8,14H,1-2,5-6,9-13H2,(H,19,22). The molecular formula is C17H24ClN3O. The van der Waals surface area contributed by atoms with Crippen molar-refractivity contribution in [3.05, 3.63) is 29.3 Å². The molecule has 1 aromatic carbocycles. The normalized spacial score (nSPS) is 20.3. The molecule has 0 bridgehead atoms. The number of benzene rings is 1. The second-order valence-electron chi connectivity index (χ2n) is 6.26. The van der Waals surface area contributed by atoms with Gasteiger partial charge in [0.1, 0.15) is 0 Å². The molecular weight excluding hydrogens is 298 g/mol. The number of hydrogen-bond acceptors (Lipinski definition) is 3. The van der Waals surface area contributed by atoms with Gasteiger partial charge in [-0.05, 0) is 25.0 Å². The quantitative estimate of drug-likeness (QED) is 0.925. The van der Waals surface area contributed by atoms with E-state index < -0.39 is 0 Å². The molecule has 0 unspecified atom stereocenters. The van der Waals surface area contributed by atoms with Gasteiger partial charge >= 0.3 is 0 Å². The molecule has 1 amide bonds. The monoisotopic (exact) mass is 321 g/mol. The van der Waals surface area contributed by atoms with Crippen LogP contribution in [-0.4, -0.2) is 49.6 Å². The number of carbonyl (C=O) groups is 1. The van der Waals surface area contributed by atoms with Gasteiger partial charge in [0.2, 0.25) is 5.91 Å². The highest BCUT2D eigenvalue weighted by Gasteiger charge is 2.22. The molecule has 2 fully saturated rings. The number of carbonyl (C=O) groups excluding carboxylic acids is 1. The van der Waals surface area contributed by atoms with Crippen molar-refractivity contribution in [2.24, 2.45) is 0 Å². The van der Waals surface area contributed by atoms with E-state index in [0.29, 0.717) is 12.6 Å². The van der Waals surface area contributed by atoms with Crippen LogP contribution in [0.4, 0.5) is 5.69 Å². The fourth-order valence-electron chi connectivity index (χ4n) is 3.40. The first kappa shape index (κ1) is 15.6. The Morgan fingerprint density at radius 3 is 2.50 bits per heavy atom. The van der Waals surface area contributed by atoms with E-state index in [2.05, 4.69) is 21.2 Å². The number of para-hydroxylation sites is 1. The SMILES string of the molecule is O=C(CN1CCN(c2ccccc2Cl)CC1)NC1CCCC1. The molecule has 2 aliphatic rings. The van der Waals surface area contributed by atoms with E-state index in [-0.39, 0.29) is 5.91 Å². The molecule has 0 spiro atoms. The Morgan fingerprint density at radius 2 is 1.82 bits per heavy atom. The predicted molar refractivity (Wildman–Crippen MR) is 90.5 cm³/mol. The molecule has 22 heavy (non-hydrogen) atoms. The van der Waals surface area contributed by atoms with Gasteiger partial charge in [-0.2, -0.15) is 0 Å². The van der Waals surface area contributed by atoms with E-state index in [1.165, 1.54) is 12.8 Å². The number of nitrogens with zero attached hydrogens (tertiary/aromatic N) is 2. The highest BCUT2D eigenvalue weighted by molar-refractivity contribution is 6.33. The summed E-state index contributed by atoms with van der Waals surface area (Å²) in [4.78, 5) is 16.6. The third-order valence-corrected chi connectivity index (χ3v) is 4.97. The van der Waals surface area contributed by atoms with Crippen molar-refractivity contribution in [2.75, 3.05) is 37.6 Å².